The van der Waals surface area contributed by atoms with Crippen LogP contribution in [0.1, 0.15) is 5.56 Å². The maximum Gasteiger partial charge on any atom is 0.110 e. The molecule has 1 aromatic rings. The highest BCUT2D eigenvalue weighted by Gasteiger charge is 2.30. The molecule has 0 fully saturated rings. The molecule has 0 N–H and O–H groups in total. The van der Waals surface area contributed by atoms with Crippen LogP contribution in [0.5, 0.6) is 0 Å². The number of hydrogen-bond donors (Lipinski definition) is 0. The Balaban J connectivity index is 2.32. The van der Waals surface area contributed by atoms with E-state index in [0.29, 0.717) is 0 Å². The van der Waals surface area contributed by atoms with Gasteiger partial charge < -0.3 is 0 Å². The summed E-state index contributed by atoms with van der Waals surface area (Å²) in [5.41, 5.74) is 3.63. The highest BCUT2D eigenvalue weighted by molar-refractivity contribution is 6.97. The second kappa shape index (κ2) is 3.00. The fraction of sp³-hybridized carbons (Fsp3) is 0.167. The van der Waals surface area contributed by atoms with Crippen LogP contribution >= 0.6 is 0 Å². The zero-order valence-corrected chi connectivity index (χ0v) is 8.96. The Morgan fingerprint density at radius 1 is 1.31 bits per heavy atom. The van der Waals surface area contributed by atoms with Crippen LogP contribution in [0.25, 0.3) is 6.08 Å². The van der Waals surface area contributed by atoms with Gasteiger partial charge in [-0.05, 0) is 11.6 Å². The molecule has 1 atom stereocenters. The summed E-state index contributed by atoms with van der Waals surface area (Å²) in [5, 5.41) is 1.54. The van der Waals surface area contributed by atoms with E-state index >= 15 is 0 Å². The standard InChI is InChI=1S/C12H14Si/c1-3-11-5-7-12(8-6-11)13(2)9-4-10-13/h3-9H,1,10H2,2H3. The van der Waals surface area contributed by atoms with Gasteiger partial charge in [-0.15, -0.1) is 0 Å². The molecule has 0 saturated carbocycles. The van der Waals surface area contributed by atoms with Crippen LogP contribution < -0.4 is 5.19 Å². The summed E-state index contributed by atoms with van der Waals surface area (Å²) in [5.74, 6) is 0. The van der Waals surface area contributed by atoms with E-state index in [-0.39, 0.29) is 0 Å². The molecule has 0 nitrogen and oxygen atoms in total. The fourth-order valence-electron chi connectivity index (χ4n) is 1.69. The lowest BCUT2D eigenvalue weighted by atomic mass is 10.2. The zero-order valence-electron chi connectivity index (χ0n) is 7.96. The zero-order chi connectivity index (χ0) is 9.31. The Labute approximate surface area is 80.6 Å². The van der Waals surface area contributed by atoms with Crippen molar-refractivity contribution in [1.29, 1.82) is 0 Å². The van der Waals surface area contributed by atoms with Gasteiger partial charge in [0.05, 0.1) is 0 Å². The van der Waals surface area contributed by atoms with E-state index in [1.54, 1.807) is 5.19 Å². The van der Waals surface area contributed by atoms with Crippen molar-refractivity contribution >= 4 is 19.3 Å². The number of rotatable bonds is 2. The van der Waals surface area contributed by atoms with E-state index in [9.17, 15) is 0 Å². The quantitative estimate of drug-likeness (QED) is 0.623. The van der Waals surface area contributed by atoms with E-state index in [0.717, 1.165) is 0 Å². The maximum atomic E-state index is 3.75. The Morgan fingerprint density at radius 2 is 1.92 bits per heavy atom. The largest absolute Gasteiger partial charge is 0.110 e. The average molecular weight is 186 g/mol. The van der Waals surface area contributed by atoms with Crippen molar-refractivity contribution in [2.45, 2.75) is 12.6 Å². The lowest BCUT2D eigenvalue weighted by Gasteiger charge is -2.29. The Hall–Kier alpha value is -1.08. The monoisotopic (exact) mass is 186 g/mol. The van der Waals surface area contributed by atoms with Crippen LogP contribution in [0.4, 0.5) is 0 Å². The third-order valence-electron chi connectivity index (χ3n) is 2.83. The Morgan fingerprint density at radius 3 is 2.31 bits per heavy atom. The summed E-state index contributed by atoms with van der Waals surface area (Å²) in [6.45, 7) is 6.17. The van der Waals surface area contributed by atoms with Crippen molar-refractivity contribution in [3.05, 3.63) is 48.2 Å². The first-order valence-corrected chi connectivity index (χ1v) is 7.44. The lowest BCUT2D eigenvalue weighted by Crippen LogP contribution is -2.46. The first-order chi connectivity index (χ1) is 6.24. The molecular weight excluding hydrogens is 172 g/mol. The van der Waals surface area contributed by atoms with E-state index < -0.39 is 8.07 Å². The summed E-state index contributed by atoms with van der Waals surface area (Å²) in [7, 11) is -1.12. The van der Waals surface area contributed by atoms with Crippen LogP contribution in [0.3, 0.4) is 0 Å². The molecule has 0 aliphatic carbocycles. The van der Waals surface area contributed by atoms with Crippen LogP contribution in [-0.4, -0.2) is 8.07 Å². The topological polar surface area (TPSA) is 0 Å². The van der Waals surface area contributed by atoms with Gasteiger partial charge >= 0.3 is 0 Å². The number of allylic oxidation sites excluding steroid dienone is 1. The van der Waals surface area contributed by atoms with E-state index in [4.69, 9.17) is 0 Å². The predicted molar refractivity (Wildman–Crippen MR) is 61.7 cm³/mol. The summed E-state index contributed by atoms with van der Waals surface area (Å²) < 4.78 is 0. The summed E-state index contributed by atoms with van der Waals surface area (Å²) in [6.07, 6.45) is 4.18. The van der Waals surface area contributed by atoms with Crippen LogP contribution in [-0.2, 0) is 0 Å². The van der Waals surface area contributed by atoms with Crippen molar-refractivity contribution in [2.75, 3.05) is 0 Å². The van der Waals surface area contributed by atoms with Gasteiger partial charge in [0.25, 0.3) is 0 Å². The van der Waals surface area contributed by atoms with Crippen molar-refractivity contribution in [3.63, 3.8) is 0 Å². The van der Waals surface area contributed by atoms with Crippen LogP contribution in [0.2, 0.25) is 12.6 Å². The molecule has 0 saturated heterocycles. The fourth-order valence-corrected chi connectivity index (χ4v) is 3.98. The highest BCUT2D eigenvalue weighted by atomic mass is 28.3. The molecule has 0 aromatic heterocycles. The summed E-state index contributed by atoms with van der Waals surface area (Å²) >= 11 is 0. The predicted octanol–water partition coefficient (Wildman–Crippen LogP) is 2.72. The van der Waals surface area contributed by atoms with Crippen molar-refractivity contribution in [3.8, 4) is 0 Å². The van der Waals surface area contributed by atoms with Crippen molar-refractivity contribution < 1.29 is 0 Å². The van der Waals surface area contributed by atoms with Gasteiger partial charge in [-0.1, -0.05) is 60.4 Å². The maximum absolute atomic E-state index is 3.75. The van der Waals surface area contributed by atoms with Gasteiger partial charge in [0.2, 0.25) is 0 Å². The molecule has 0 amide bonds. The van der Waals surface area contributed by atoms with Crippen molar-refractivity contribution in [2.24, 2.45) is 0 Å². The molecule has 1 aliphatic heterocycles. The minimum atomic E-state index is -1.12. The molecule has 13 heavy (non-hydrogen) atoms. The summed E-state index contributed by atoms with van der Waals surface area (Å²) in [6, 6.07) is 10.1. The minimum absolute atomic E-state index is 1.12. The molecule has 0 spiro atoms. The smallest absolute Gasteiger partial charge is 0.0985 e. The normalized spacial score (nSPS) is 25.3. The first-order valence-electron chi connectivity index (χ1n) is 4.65. The average Bonchev–Trinajstić information content (AvgIpc) is 2.14. The van der Waals surface area contributed by atoms with Gasteiger partial charge in [0.1, 0.15) is 8.07 Å². The second-order valence-electron chi connectivity index (χ2n) is 3.85. The van der Waals surface area contributed by atoms with E-state index in [1.165, 1.54) is 11.6 Å². The molecule has 1 aliphatic rings. The van der Waals surface area contributed by atoms with Crippen molar-refractivity contribution in [1.82, 2.24) is 0 Å². The Kier molecular flexibility index (Phi) is 1.96. The molecule has 66 valence electrons. The molecule has 0 bridgehead atoms. The van der Waals surface area contributed by atoms with E-state index in [2.05, 4.69) is 49.2 Å². The third-order valence-corrected chi connectivity index (χ3v) is 6.54. The molecule has 1 unspecified atom stereocenters. The van der Waals surface area contributed by atoms with Gasteiger partial charge in [0, 0.05) is 0 Å². The second-order valence-corrected chi connectivity index (χ2v) is 8.00. The summed E-state index contributed by atoms with van der Waals surface area (Å²) in [4.78, 5) is 0. The SMILES string of the molecule is C=Cc1ccc([Si]2(C)C=CC2)cc1. The molecule has 2 rings (SSSR count). The highest BCUT2D eigenvalue weighted by Crippen LogP contribution is 2.21. The number of benzene rings is 1. The molecule has 0 radical (unpaired) electrons. The minimum Gasteiger partial charge on any atom is -0.0985 e. The van der Waals surface area contributed by atoms with Crippen LogP contribution in [0, 0.1) is 0 Å². The molecule has 1 heterocycles. The lowest BCUT2D eigenvalue weighted by molar-refractivity contribution is 1.49. The number of hydrogen-bond acceptors (Lipinski definition) is 0. The van der Waals surface area contributed by atoms with Gasteiger partial charge in [-0.25, -0.2) is 0 Å². The van der Waals surface area contributed by atoms with E-state index in [1.807, 2.05) is 6.08 Å². The van der Waals surface area contributed by atoms with Crippen LogP contribution in [0.15, 0.2) is 42.6 Å². The van der Waals surface area contributed by atoms with Gasteiger partial charge in [0.15, 0.2) is 0 Å². The van der Waals surface area contributed by atoms with Gasteiger partial charge in [-0.3, -0.25) is 0 Å². The third kappa shape index (κ3) is 1.40. The molecule has 1 aromatic carbocycles. The first kappa shape index (κ1) is 8.51. The van der Waals surface area contributed by atoms with Gasteiger partial charge in [-0.2, -0.15) is 0 Å². The molecule has 1 heteroatoms. The Bertz CT molecular complexity index is 348. The molecular formula is C12H14Si.